The van der Waals surface area contributed by atoms with E-state index in [1.165, 1.54) is 51.4 Å². The zero-order valence-electron chi connectivity index (χ0n) is 9.25. The first-order valence-corrected chi connectivity index (χ1v) is 6.52. The average Bonchev–Trinajstić information content (AvgIpc) is 2.63. The quantitative estimate of drug-likeness (QED) is 0.684. The zero-order chi connectivity index (χ0) is 9.80. The molecule has 1 heteroatoms. The molecule has 2 aliphatic rings. The van der Waals surface area contributed by atoms with Gasteiger partial charge in [-0.05, 0) is 43.4 Å². The van der Waals surface area contributed by atoms with Gasteiger partial charge in [-0.2, -0.15) is 0 Å². The van der Waals surface area contributed by atoms with Gasteiger partial charge in [0.2, 0.25) is 0 Å². The second kappa shape index (κ2) is 5.16. The first kappa shape index (κ1) is 10.5. The largest absolute Gasteiger partial charge is 0.396 e. The van der Waals surface area contributed by atoms with E-state index >= 15 is 0 Å². The van der Waals surface area contributed by atoms with Gasteiger partial charge in [-0.3, -0.25) is 0 Å². The molecule has 0 bridgehead atoms. The Morgan fingerprint density at radius 3 is 2.64 bits per heavy atom. The molecule has 1 N–H and O–H groups in total. The SMILES string of the molecule is OCCCCC1CCC2CCCCC12. The minimum atomic E-state index is 0.390. The van der Waals surface area contributed by atoms with Crippen LogP contribution < -0.4 is 0 Å². The Bertz CT molecular complexity index is 167. The lowest BCUT2D eigenvalue weighted by Crippen LogP contribution is -2.19. The average molecular weight is 196 g/mol. The van der Waals surface area contributed by atoms with Crippen LogP contribution in [0.15, 0.2) is 0 Å². The summed E-state index contributed by atoms with van der Waals surface area (Å²) in [5, 5.41) is 8.77. The standard InChI is InChI=1S/C13H24O/c14-10-4-3-6-12-9-8-11-5-1-2-7-13(11)12/h11-14H,1-10H2. The monoisotopic (exact) mass is 196 g/mol. The minimum Gasteiger partial charge on any atom is -0.396 e. The van der Waals surface area contributed by atoms with Crippen molar-refractivity contribution in [3.8, 4) is 0 Å². The molecule has 0 aliphatic heterocycles. The molecule has 0 radical (unpaired) electrons. The highest BCUT2D eigenvalue weighted by Gasteiger charge is 2.36. The van der Waals surface area contributed by atoms with Gasteiger partial charge < -0.3 is 5.11 Å². The predicted octanol–water partition coefficient (Wildman–Crippen LogP) is 3.37. The first-order valence-electron chi connectivity index (χ1n) is 6.52. The van der Waals surface area contributed by atoms with Gasteiger partial charge in [0.25, 0.3) is 0 Å². The van der Waals surface area contributed by atoms with Crippen LogP contribution in [0.1, 0.15) is 57.8 Å². The van der Waals surface area contributed by atoms with E-state index in [4.69, 9.17) is 5.11 Å². The fourth-order valence-corrected chi connectivity index (χ4v) is 3.73. The van der Waals surface area contributed by atoms with Crippen LogP contribution in [0.25, 0.3) is 0 Å². The van der Waals surface area contributed by atoms with Gasteiger partial charge in [-0.1, -0.05) is 32.1 Å². The van der Waals surface area contributed by atoms with Crippen LogP contribution in [0.4, 0.5) is 0 Å². The van der Waals surface area contributed by atoms with Crippen LogP contribution >= 0.6 is 0 Å². The van der Waals surface area contributed by atoms with E-state index in [-0.39, 0.29) is 0 Å². The molecule has 1 nitrogen and oxygen atoms in total. The molecule has 3 unspecified atom stereocenters. The van der Waals surface area contributed by atoms with Gasteiger partial charge in [0, 0.05) is 6.61 Å². The Kier molecular flexibility index (Phi) is 3.86. The molecule has 82 valence electrons. The summed E-state index contributed by atoms with van der Waals surface area (Å²) in [6, 6.07) is 0. The lowest BCUT2D eigenvalue weighted by molar-refractivity contribution is 0.212. The van der Waals surface area contributed by atoms with Gasteiger partial charge >= 0.3 is 0 Å². The van der Waals surface area contributed by atoms with E-state index < -0.39 is 0 Å². The summed E-state index contributed by atoms with van der Waals surface area (Å²) in [4.78, 5) is 0. The molecule has 0 aromatic carbocycles. The maximum Gasteiger partial charge on any atom is 0.0431 e. The van der Waals surface area contributed by atoms with Crippen LogP contribution in [0.3, 0.4) is 0 Å². The topological polar surface area (TPSA) is 20.2 Å². The van der Waals surface area contributed by atoms with E-state index in [0.717, 1.165) is 24.2 Å². The second-order valence-electron chi connectivity index (χ2n) is 5.27. The zero-order valence-corrected chi connectivity index (χ0v) is 9.25. The Morgan fingerprint density at radius 1 is 0.929 bits per heavy atom. The number of aliphatic hydroxyl groups is 1. The summed E-state index contributed by atoms with van der Waals surface area (Å²) in [7, 11) is 0. The molecule has 14 heavy (non-hydrogen) atoms. The van der Waals surface area contributed by atoms with Crippen LogP contribution in [-0.2, 0) is 0 Å². The Balaban J connectivity index is 1.76. The van der Waals surface area contributed by atoms with Crippen molar-refractivity contribution in [1.82, 2.24) is 0 Å². The van der Waals surface area contributed by atoms with Crippen molar-refractivity contribution in [2.24, 2.45) is 17.8 Å². The van der Waals surface area contributed by atoms with Crippen LogP contribution in [-0.4, -0.2) is 11.7 Å². The molecule has 0 heterocycles. The Hall–Kier alpha value is -0.0400. The highest BCUT2D eigenvalue weighted by Crippen LogP contribution is 2.47. The molecular formula is C13H24O. The van der Waals surface area contributed by atoms with E-state index in [2.05, 4.69) is 0 Å². The molecule has 3 atom stereocenters. The number of aliphatic hydroxyl groups excluding tert-OH is 1. The fourth-order valence-electron chi connectivity index (χ4n) is 3.73. The van der Waals surface area contributed by atoms with Crippen LogP contribution in [0, 0.1) is 17.8 Å². The van der Waals surface area contributed by atoms with Crippen molar-refractivity contribution >= 4 is 0 Å². The predicted molar refractivity (Wildman–Crippen MR) is 59.1 cm³/mol. The van der Waals surface area contributed by atoms with Crippen LogP contribution in [0.5, 0.6) is 0 Å². The molecule has 0 spiro atoms. The van der Waals surface area contributed by atoms with E-state index in [0.29, 0.717) is 6.61 Å². The van der Waals surface area contributed by atoms with Crippen molar-refractivity contribution in [3.05, 3.63) is 0 Å². The summed E-state index contributed by atoms with van der Waals surface area (Å²) >= 11 is 0. The maximum atomic E-state index is 8.77. The molecule has 2 rings (SSSR count). The van der Waals surface area contributed by atoms with Gasteiger partial charge in [0.05, 0.1) is 0 Å². The summed E-state index contributed by atoms with van der Waals surface area (Å²) in [5.74, 6) is 3.18. The molecule has 0 aromatic heterocycles. The van der Waals surface area contributed by atoms with Crippen LogP contribution in [0.2, 0.25) is 0 Å². The Labute approximate surface area is 87.9 Å². The Morgan fingerprint density at radius 2 is 1.79 bits per heavy atom. The lowest BCUT2D eigenvalue weighted by atomic mass is 9.77. The molecule has 0 saturated heterocycles. The van der Waals surface area contributed by atoms with E-state index in [9.17, 15) is 0 Å². The summed E-state index contributed by atoms with van der Waals surface area (Å²) in [6.07, 6.45) is 12.7. The number of rotatable bonds is 4. The van der Waals surface area contributed by atoms with E-state index in [1.807, 2.05) is 0 Å². The van der Waals surface area contributed by atoms with E-state index in [1.54, 1.807) is 0 Å². The van der Waals surface area contributed by atoms with Crippen molar-refractivity contribution in [3.63, 3.8) is 0 Å². The van der Waals surface area contributed by atoms with Crippen molar-refractivity contribution in [2.75, 3.05) is 6.61 Å². The summed E-state index contributed by atoms with van der Waals surface area (Å²) < 4.78 is 0. The van der Waals surface area contributed by atoms with Crippen molar-refractivity contribution in [1.29, 1.82) is 0 Å². The van der Waals surface area contributed by atoms with Crippen molar-refractivity contribution in [2.45, 2.75) is 57.8 Å². The second-order valence-corrected chi connectivity index (χ2v) is 5.27. The number of fused-ring (bicyclic) bond motifs is 1. The minimum absolute atomic E-state index is 0.390. The number of hydrogen-bond acceptors (Lipinski definition) is 1. The highest BCUT2D eigenvalue weighted by molar-refractivity contribution is 4.87. The summed E-state index contributed by atoms with van der Waals surface area (Å²) in [6.45, 7) is 0.390. The van der Waals surface area contributed by atoms with Gasteiger partial charge in [0.1, 0.15) is 0 Å². The van der Waals surface area contributed by atoms with Gasteiger partial charge in [0.15, 0.2) is 0 Å². The van der Waals surface area contributed by atoms with Crippen molar-refractivity contribution < 1.29 is 5.11 Å². The number of hydrogen-bond donors (Lipinski definition) is 1. The molecule has 0 aromatic rings. The molecular weight excluding hydrogens is 172 g/mol. The fraction of sp³-hybridized carbons (Fsp3) is 1.00. The highest BCUT2D eigenvalue weighted by atomic mass is 16.2. The third-order valence-electron chi connectivity index (χ3n) is 4.46. The molecule has 2 saturated carbocycles. The van der Waals surface area contributed by atoms with Gasteiger partial charge in [-0.15, -0.1) is 0 Å². The van der Waals surface area contributed by atoms with Gasteiger partial charge in [-0.25, -0.2) is 0 Å². The summed E-state index contributed by atoms with van der Waals surface area (Å²) in [5.41, 5.74) is 0. The first-order chi connectivity index (χ1) is 6.92. The smallest absolute Gasteiger partial charge is 0.0431 e. The maximum absolute atomic E-state index is 8.77. The molecule has 2 fully saturated rings. The normalized spacial score (nSPS) is 37.1. The third kappa shape index (κ3) is 2.31. The molecule has 0 amide bonds. The number of unbranched alkanes of at least 4 members (excludes halogenated alkanes) is 1. The lowest BCUT2D eigenvalue weighted by Gasteiger charge is -2.29. The molecule has 2 aliphatic carbocycles. The third-order valence-corrected chi connectivity index (χ3v) is 4.46.